The van der Waals surface area contributed by atoms with Gasteiger partial charge in [0.1, 0.15) is 18.3 Å². The Morgan fingerprint density at radius 3 is 1.43 bits per heavy atom. The molecule has 4 atom stereocenters. The summed E-state index contributed by atoms with van der Waals surface area (Å²) >= 11 is 0. The second-order valence-corrected chi connectivity index (χ2v) is 9.96. The minimum absolute atomic E-state index is 0.189. The molecule has 0 bridgehead atoms. The van der Waals surface area contributed by atoms with Crippen molar-refractivity contribution in [1.82, 2.24) is 0 Å². The number of hydrogen-bond acceptors (Lipinski definition) is 6. The van der Waals surface area contributed by atoms with Gasteiger partial charge in [0.15, 0.2) is 5.60 Å². The van der Waals surface area contributed by atoms with Gasteiger partial charge in [-0.05, 0) is 22.3 Å². The van der Waals surface area contributed by atoms with Crippen molar-refractivity contribution in [2.75, 3.05) is 6.61 Å². The minimum Gasteiger partial charge on any atom is -0.377 e. The van der Waals surface area contributed by atoms with E-state index in [0.29, 0.717) is 0 Å². The van der Waals surface area contributed by atoms with Crippen LogP contribution in [0, 0.1) is 0 Å². The predicted molar refractivity (Wildman–Crippen MR) is 151 cm³/mol. The van der Waals surface area contributed by atoms with Crippen molar-refractivity contribution in [2.24, 2.45) is 0 Å². The molecule has 206 valence electrons. The van der Waals surface area contributed by atoms with Crippen molar-refractivity contribution in [2.45, 2.75) is 50.3 Å². The highest BCUT2D eigenvalue weighted by atomic mass is 16.6. The molecule has 1 fully saturated rings. The van der Waals surface area contributed by atoms with Crippen molar-refractivity contribution in [3.8, 4) is 0 Å². The van der Waals surface area contributed by atoms with Crippen molar-refractivity contribution >= 4 is 5.78 Å². The molecule has 1 aliphatic rings. The lowest BCUT2D eigenvalue weighted by Crippen LogP contribution is -2.51. The van der Waals surface area contributed by atoms with E-state index in [0.717, 1.165) is 22.3 Å². The summed E-state index contributed by atoms with van der Waals surface area (Å²) in [6.45, 7) is 0.602. The van der Waals surface area contributed by atoms with Crippen LogP contribution in [0.3, 0.4) is 0 Å². The lowest BCUT2D eigenvalue weighted by atomic mass is 9.99. The van der Waals surface area contributed by atoms with Gasteiger partial charge in [0.05, 0.1) is 33.0 Å². The van der Waals surface area contributed by atoms with E-state index in [1.165, 1.54) is 0 Å². The summed E-state index contributed by atoms with van der Waals surface area (Å²) in [6.07, 6.45) is -2.92. The third kappa shape index (κ3) is 6.91. The molecule has 4 aromatic carbocycles. The summed E-state index contributed by atoms with van der Waals surface area (Å²) < 4.78 is 24.7. The third-order valence-corrected chi connectivity index (χ3v) is 7.02. The van der Waals surface area contributed by atoms with Crippen molar-refractivity contribution in [3.63, 3.8) is 0 Å². The van der Waals surface area contributed by atoms with Crippen molar-refractivity contribution in [1.29, 1.82) is 0 Å². The SMILES string of the molecule is O=C1[C@H](OCc2ccccc2)[C@@H](OCc2ccccc2)[C@H](OCc2ccccc2)[C@]1(O)COCc1ccccc1. The lowest BCUT2D eigenvalue weighted by molar-refractivity contribution is -0.176. The van der Waals surface area contributed by atoms with Crippen LogP contribution in [0.5, 0.6) is 0 Å². The molecule has 0 unspecified atom stereocenters. The van der Waals surface area contributed by atoms with E-state index in [2.05, 4.69) is 0 Å². The van der Waals surface area contributed by atoms with Gasteiger partial charge < -0.3 is 24.1 Å². The van der Waals surface area contributed by atoms with Gasteiger partial charge in [0, 0.05) is 0 Å². The molecular weight excluding hydrogens is 504 g/mol. The first-order valence-corrected chi connectivity index (χ1v) is 13.5. The zero-order valence-electron chi connectivity index (χ0n) is 22.3. The number of ether oxygens (including phenoxy) is 4. The topological polar surface area (TPSA) is 74.2 Å². The minimum atomic E-state index is -1.97. The van der Waals surface area contributed by atoms with Crippen LogP contribution >= 0.6 is 0 Å². The molecule has 0 heterocycles. The number of Topliss-reactive ketones (excluding diaryl/α,β-unsaturated/α-hetero) is 1. The van der Waals surface area contributed by atoms with E-state index in [4.69, 9.17) is 18.9 Å². The van der Waals surface area contributed by atoms with Gasteiger partial charge >= 0.3 is 0 Å². The third-order valence-electron chi connectivity index (χ3n) is 7.02. The molecule has 40 heavy (non-hydrogen) atoms. The molecule has 1 aliphatic carbocycles. The van der Waals surface area contributed by atoms with Crippen LogP contribution in [0.2, 0.25) is 0 Å². The summed E-state index contributed by atoms with van der Waals surface area (Å²) in [5.41, 5.74) is 1.74. The van der Waals surface area contributed by atoms with E-state index in [1.807, 2.05) is 121 Å². The van der Waals surface area contributed by atoms with Crippen LogP contribution in [0.4, 0.5) is 0 Å². The first-order valence-electron chi connectivity index (χ1n) is 13.5. The average Bonchev–Trinajstić information content (AvgIpc) is 3.20. The second kappa shape index (κ2) is 13.6. The number of carbonyl (C=O) groups is 1. The molecule has 4 aromatic rings. The molecule has 0 aromatic heterocycles. The van der Waals surface area contributed by atoms with Gasteiger partial charge in [-0.1, -0.05) is 121 Å². The van der Waals surface area contributed by atoms with Crippen LogP contribution in [-0.2, 0) is 50.2 Å². The predicted octanol–water partition coefficient (Wildman–Crippen LogP) is 5.27. The Hall–Kier alpha value is -3.65. The van der Waals surface area contributed by atoms with Gasteiger partial charge in [-0.3, -0.25) is 4.79 Å². The number of rotatable bonds is 13. The Morgan fingerprint density at radius 1 is 0.550 bits per heavy atom. The van der Waals surface area contributed by atoms with Crippen LogP contribution in [0.25, 0.3) is 0 Å². The first kappa shape index (κ1) is 27.9. The standard InChI is InChI=1S/C34H34O6/c35-32-30(38-22-27-15-7-2-8-16-27)31(39-23-28-17-9-3-10-18-28)33(40-24-29-19-11-4-12-20-29)34(32,36)25-37-21-26-13-5-1-6-14-26/h1-20,30-31,33,36H,21-25H2/t30-,31-,33+,34+/m1/s1. The van der Waals surface area contributed by atoms with Crippen molar-refractivity contribution in [3.05, 3.63) is 144 Å². The highest BCUT2D eigenvalue weighted by molar-refractivity contribution is 5.95. The average molecular weight is 539 g/mol. The van der Waals surface area contributed by atoms with Gasteiger partial charge in [-0.15, -0.1) is 0 Å². The summed E-state index contributed by atoms with van der Waals surface area (Å²) in [5, 5.41) is 12.0. The Bertz CT molecular complexity index is 1320. The fraction of sp³-hybridized carbons (Fsp3) is 0.265. The smallest absolute Gasteiger partial charge is 0.200 e. The fourth-order valence-electron chi connectivity index (χ4n) is 4.88. The zero-order chi connectivity index (χ0) is 27.6. The number of carbonyl (C=O) groups excluding carboxylic acids is 1. The van der Waals surface area contributed by atoms with Gasteiger partial charge in [-0.25, -0.2) is 0 Å². The van der Waals surface area contributed by atoms with Crippen LogP contribution in [0.15, 0.2) is 121 Å². The van der Waals surface area contributed by atoms with E-state index < -0.39 is 29.7 Å². The molecule has 0 aliphatic heterocycles. The highest BCUT2D eigenvalue weighted by Crippen LogP contribution is 2.36. The quantitative estimate of drug-likeness (QED) is 0.250. The lowest BCUT2D eigenvalue weighted by Gasteiger charge is -2.31. The number of ketones is 1. The molecule has 6 heteroatoms. The molecule has 0 saturated heterocycles. The van der Waals surface area contributed by atoms with E-state index in [-0.39, 0.29) is 33.0 Å². The summed E-state index contributed by atoms with van der Waals surface area (Å²) in [5.74, 6) is -0.507. The Balaban J connectivity index is 1.40. The van der Waals surface area contributed by atoms with Crippen LogP contribution < -0.4 is 0 Å². The van der Waals surface area contributed by atoms with E-state index in [1.54, 1.807) is 0 Å². The Morgan fingerprint density at radius 2 is 0.950 bits per heavy atom. The molecule has 0 spiro atoms. The number of hydrogen-bond donors (Lipinski definition) is 1. The van der Waals surface area contributed by atoms with Gasteiger partial charge in [0.2, 0.25) is 5.78 Å². The van der Waals surface area contributed by atoms with Crippen molar-refractivity contribution < 1.29 is 28.8 Å². The molecule has 1 saturated carbocycles. The van der Waals surface area contributed by atoms with E-state index >= 15 is 0 Å². The monoisotopic (exact) mass is 538 g/mol. The molecular formula is C34H34O6. The highest BCUT2D eigenvalue weighted by Gasteiger charge is 2.62. The maximum atomic E-state index is 13.9. The molecule has 5 rings (SSSR count). The molecule has 0 radical (unpaired) electrons. The summed E-state index contributed by atoms with van der Waals surface area (Å²) in [4.78, 5) is 13.9. The second-order valence-electron chi connectivity index (χ2n) is 9.96. The van der Waals surface area contributed by atoms with Gasteiger partial charge in [-0.2, -0.15) is 0 Å². The molecule has 6 nitrogen and oxygen atoms in total. The van der Waals surface area contributed by atoms with Crippen LogP contribution in [-0.4, -0.2) is 41.4 Å². The fourth-order valence-corrected chi connectivity index (χ4v) is 4.88. The molecule has 1 N–H and O–H groups in total. The molecule has 0 amide bonds. The largest absolute Gasteiger partial charge is 0.377 e. The maximum Gasteiger partial charge on any atom is 0.200 e. The number of benzene rings is 4. The first-order chi connectivity index (χ1) is 19.6. The van der Waals surface area contributed by atoms with Gasteiger partial charge in [0.25, 0.3) is 0 Å². The zero-order valence-corrected chi connectivity index (χ0v) is 22.3. The maximum absolute atomic E-state index is 13.9. The Labute approximate surface area is 235 Å². The summed E-state index contributed by atoms with van der Waals surface area (Å²) in [7, 11) is 0. The van der Waals surface area contributed by atoms with Crippen LogP contribution in [0.1, 0.15) is 22.3 Å². The summed E-state index contributed by atoms with van der Waals surface area (Å²) in [6, 6.07) is 38.6. The Kier molecular flexibility index (Phi) is 9.50. The van der Waals surface area contributed by atoms with E-state index in [9.17, 15) is 9.90 Å². The normalized spacial score (nSPS) is 22.4. The number of aliphatic hydroxyl groups is 1.